The first-order valence-electron chi connectivity index (χ1n) is 9.07. The van der Waals surface area contributed by atoms with Gasteiger partial charge in [-0.3, -0.25) is 0 Å². The molecule has 0 heterocycles. The van der Waals surface area contributed by atoms with Gasteiger partial charge in [-0.1, -0.05) is 99.4 Å². The summed E-state index contributed by atoms with van der Waals surface area (Å²) in [4.78, 5) is 10.2. The number of rotatable bonds is 14. The van der Waals surface area contributed by atoms with Crippen LogP contribution in [-0.4, -0.2) is 22.3 Å². The van der Waals surface area contributed by atoms with Crippen molar-refractivity contribution in [3.05, 3.63) is 72.9 Å². The van der Waals surface area contributed by atoms with Gasteiger partial charge in [0.15, 0.2) is 0 Å². The maximum atomic E-state index is 10.2. The molecular formula is C22H32O3. The minimum atomic E-state index is -0.951. The molecule has 138 valence electrons. The Morgan fingerprint density at radius 2 is 1.36 bits per heavy atom. The highest BCUT2D eigenvalue weighted by molar-refractivity contribution is 5.80. The van der Waals surface area contributed by atoms with Crippen LogP contribution in [0.25, 0.3) is 0 Å². The minimum absolute atomic E-state index is 0.172. The first-order valence-corrected chi connectivity index (χ1v) is 9.07. The third-order valence-corrected chi connectivity index (χ3v) is 3.43. The van der Waals surface area contributed by atoms with E-state index >= 15 is 0 Å². The maximum Gasteiger partial charge on any atom is 0.328 e. The average Bonchev–Trinajstić information content (AvgIpc) is 2.58. The fourth-order valence-electron chi connectivity index (χ4n) is 2.07. The number of unbranched alkanes of at least 4 members (excludes halogenated alkanes) is 3. The Kier molecular flexibility index (Phi) is 16.7. The highest BCUT2D eigenvalue weighted by atomic mass is 16.4. The summed E-state index contributed by atoms with van der Waals surface area (Å²) in [6.07, 6.45) is 28.8. The summed E-state index contributed by atoms with van der Waals surface area (Å²) in [6, 6.07) is 0. The monoisotopic (exact) mass is 344 g/mol. The summed E-state index contributed by atoms with van der Waals surface area (Å²) in [6.45, 7) is 2.19. The molecule has 3 nitrogen and oxygen atoms in total. The molecule has 2 N–H and O–H groups in total. The Morgan fingerprint density at radius 3 is 1.92 bits per heavy atom. The van der Waals surface area contributed by atoms with Crippen molar-refractivity contribution in [2.45, 2.75) is 58.0 Å². The minimum Gasteiger partial charge on any atom is -0.478 e. The van der Waals surface area contributed by atoms with Gasteiger partial charge in [-0.15, -0.1) is 0 Å². The van der Waals surface area contributed by atoms with Crippen LogP contribution in [0.3, 0.4) is 0 Å². The predicted octanol–water partition coefficient (Wildman–Crippen LogP) is 5.52. The van der Waals surface area contributed by atoms with E-state index in [4.69, 9.17) is 5.11 Å². The van der Waals surface area contributed by atoms with Crippen LogP contribution in [0, 0.1) is 0 Å². The van der Waals surface area contributed by atoms with Gasteiger partial charge in [0.05, 0.1) is 6.10 Å². The van der Waals surface area contributed by atoms with Crippen LogP contribution in [-0.2, 0) is 4.79 Å². The van der Waals surface area contributed by atoms with Crippen molar-refractivity contribution in [1.29, 1.82) is 0 Å². The highest BCUT2D eigenvalue weighted by Crippen LogP contribution is 2.09. The van der Waals surface area contributed by atoms with E-state index in [0.717, 1.165) is 31.8 Å². The number of allylic oxidation sites excluding steroid dienone is 11. The number of hydrogen-bond acceptors (Lipinski definition) is 2. The molecule has 0 aromatic carbocycles. The van der Waals surface area contributed by atoms with Crippen molar-refractivity contribution >= 4 is 5.97 Å². The fraction of sp³-hybridized carbons (Fsp3) is 0.409. The maximum absolute atomic E-state index is 10.2. The molecule has 0 aliphatic rings. The Balaban J connectivity index is 3.72. The van der Waals surface area contributed by atoms with Gasteiger partial charge in [-0.25, -0.2) is 4.79 Å². The largest absolute Gasteiger partial charge is 0.478 e. The van der Waals surface area contributed by atoms with Crippen molar-refractivity contribution < 1.29 is 15.0 Å². The van der Waals surface area contributed by atoms with Crippen LogP contribution in [0.5, 0.6) is 0 Å². The topological polar surface area (TPSA) is 57.5 Å². The second-order valence-electron chi connectivity index (χ2n) is 5.75. The second-order valence-corrected chi connectivity index (χ2v) is 5.75. The lowest BCUT2D eigenvalue weighted by Crippen LogP contribution is -2.05. The summed E-state index contributed by atoms with van der Waals surface area (Å²) in [5.74, 6) is -0.951. The second kappa shape index (κ2) is 18.2. The number of aliphatic hydroxyl groups excluding tert-OH is 1. The Hall–Kier alpha value is -2.13. The molecule has 1 unspecified atom stereocenters. The number of aliphatic carboxylic acids is 1. The summed E-state index contributed by atoms with van der Waals surface area (Å²) < 4.78 is 0. The molecule has 0 spiro atoms. The lowest BCUT2D eigenvalue weighted by atomic mass is 10.1. The molecule has 0 aliphatic carbocycles. The summed E-state index contributed by atoms with van der Waals surface area (Å²) in [5, 5.41) is 18.2. The van der Waals surface area contributed by atoms with Gasteiger partial charge in [-0.2, -0.15) is 0 Å². The van der Waals surface area contributed by atoms with Crippen molar-refractivity contribution in [3.63, 3.8) is 0 Å². The van der Waals surface area contributed by atoms with Gasteiger partial charge in [-0.05, 0) is 19.3 Å². The van der Waals surface area contributed by atoms with E-state index < -0.39 is 5.97 Å². The predicted molar refractivity (Wildman–Crippen MR) is 106 cm³/mol. The summed E-state index contributed by atoms with van der Waals surface area (Å²) >= 11 is 0. The number of aliphatic hydroxyl groups is 1. The van der Waals surface area contributed by atoms with Crippen LogP contribution >= 0.6 is 0 Å². The first-order chi connectivity index (χ1) is 12.2. The molecule has 0 radical (unpaired) electrons. The molecule has 1 atom stereocenters. The van der Waals surface area contributed by atoms with Gasteiger partial charge in [0, 0.05) is 6.08 Å². The molecular weight excluding hydrogens is 312 g/mol. The lowest BCUT2D eigenvalue weighted by molar-refractivity contribution is -0.131. The van der Waals surface area contributed by atoms with Gasteiger partial charge >= 0.3 is 5.97 Å². The molecule has 0 bridgehead atoms. The SMILES string of the molecule is CCCCCCC(O)CCC=CC=CC=CC=CC=CC=CC(=O)O. The molecule has 0 saturated heterocycles. The van der Waals surface area contributed by atoms with Crippen LogP contribution in [0.4, 0.5) is 0 Å². The quantitative estimate of drug-likeness (QED) is 0.248. The average molecular weight is 344 g/mol. The zero-order valence-electron chi connectivity index (χ0n) is 15.3. The lowest BCUT2D eigenvalue weighted by Gasteiger charge is -2.08. The first kappa shape index (κ1) is 22.9. The number of hydrogen-bond donors (Lipinski definition) is 2. The molecule has 25 heavy (non-hydrogen) atoms. The number of carbonyl (C=O) groups is 1. The normalized spacial score (nSPS) is 14.3. The van der Waals surface area contributed by atoms with Gasteiger partial charge in [0.1, 0.15) is 0 Å². The van der Waals surface area contributed by atoms with Crippen LogP contribution in [0.15, 0.2) is 72.9 Å². The molecule has 0 rings (SSSR count). The van der Waals surface area contributed by atoms with Crippen molar-refractivity contribution in [2.75, 3.05) is 0 Å². The Labute approximate surface area is 152 Å². The van der Waals surface area contributed by atoms with Crippen LogP contribution in [0.1, 0.15) is 51.9 Å². The molecule has 0 aromatic heterocycles. The van der Waals surface area contributed by atoms with E-state index in [2.05, 4.69) is 13.0 Å². The smallest absolute Gasteiger partial charge is 0.328 e. The van der Waals surface area contributed by atoms with Crippen LogP contribution < -0.4 is 0 Å². The van der Waals surface area contributed by atoms with E-state index in [-0.39, 0.29) is 6.10 Å². The van der Waals surface area contributed by atoms with Crippen molar-refractivity contribution in [2.24, 2.45) is 0 Å². The number of carboxylic acids is 1. The van der Waals surface area contributed by atoms with E-state index in [1.54, 1.807) is 12.2 Å². The van der Waals surface area contributed by atoms with Gasteiger partial charge in [0.25, 0.3) is 0 Å². The van der Waals surface area contributed by atoms with Gasteiger partial charge < -0.3 is 10.2 Å². The van der Waals surface area contributed by atoms with E-state index in [1.807, 2.05) is 42.5 Å². The summed E-state index contributed by atoms with van der Waals surface area (Å²) in [5.41, 5.74) is 0. The Bertz CT molecular complexity index is 493. The molecule has 0 amide bonds. The third-order valence-electron chi connectivity index (χ3n) is 3.43. The fourth-order valence-corrected chi connectivity index (χ4v) is 2.07. The molecule has 3 heteroatoms. The zero-order chi connectivity index (χ0) is 18.6. The van der Waals surface area contributed by atoms with Crippen molar-refractivity contribution in [1.82, 2.24) is 0 Å². The highest BCUT2D eigenvalue weighted by Gasteiger charge is 2.01. The molecule has 0 aromatic rings. The van der Waals surface area contributed by atoms with E-state index in [1.165, 1.54) is 25.3 Å². The third kappa shape index (κ3) is 19.8. The van der Waals surface area contributed by atoms with Crippen LogP contribution in [0.2, 0.25) is 0 Å². The molecule has 0 aliphatic heterocycles. The van der Waals surface area contributed by atoms with E-state index in [9.17, 15) is 9.90 Å². The number of carboxylic acid groups (broad SMARTS) is 1. The zero-order valence-corrected chi connectivity index (χ0v) is 15.3. The van der Waals surface area contributed by atoms with Gasteiger partial charge in [0.2, 0.25) is 0 Å². The standard InChI is InChI=1S/C22H32O3/c1-2-3-4-15-18-21(23)19-16-13-11-9-7-5-6-8-10-12-14-17-20-22(24)25/h5-14,17,20-21,23H,2-4,15-16,18-19H2,1H3,(H,24,25). The molecule has 0 fully saturated rings. The summed E-state index contributed by atoms with van der Waals surface area (Å²) in [7, 11) is 0. The van der Waals surface area contributed by atoms with Crippen molar-refractivity contribution in [3.8, 4) is 0 Å². The van der Waals surface area contributed by atoms with E-state index in [0.29, 0.717) is 0 Å². The Morgan fingerprint density at radius 1 is 0.800 bits per heavy atom. The molecule has 0 saturated carbocycles.